The molecular formula is C10H14N4O2. The molecule has 0 saturated carbocycles. The molecule has 0 aliphatic rings. The number of aromatic nitrogens is 3. The summed E-state index contributed by atoms with van der Waals surface area (Å²) in [6.45, 7) is 3.87. The van der Waals surface area contributed by atoms with E-state index in [0.29, 0.717) is 23.5 Å². The summed E-state index contributed by atoms with van der Waals surface area (Å²) in [6.07, 6.45) is 0.719. The van der Waals surface area contributed by atoms with Crippen molar-refractivity contribution < 1.29 is 9.05 Å². The van der Waals surface area contributed by atoms with Gasteiger partial charge in [-0.1, -0.05) is 10.3 Å². The highest BCUT2D eigenvalue weighted by atomic mass is 16.5. The minimum atomic E-state index is 0.310. The van der Waals surface area contributed by atoms with Gasteiger partial charge in [0.15, 0.2) is 11.5 Å². The Morgan fingerprint density at radius 3 is 2.81 bits per heavy atom. The molecule has 0 spiro atoms. The zero-order valence-corrected chi connectivity index (χ0v) is 9.52. The Hall–Kier alpha value is -1.69. The Morgan fingerprint density at radius 2 is 2.19 bits per heavy atom. The third-order valence-electron chi connectivity index (χ3n) is 2.30. The molecule has 0 amide bonds. The lowest BCUT2D eigenvalue weighted by molar-refractivity contribution is 0.388. The van der Waals surface area contributed by atoms with Crippen molar-refractivity contribution in [3.8, 4) is 11.6 Å². The molecule has 0 aliphatic carbocycles. The highest BCUT2D eigenvalue weighted by Gasteiger charge is 2.13. The van der Waals surface area contributed by atoms with E-state index in [1.807, 2.05) is 14.0 Å². The fraction of sp³-hybridized carbons (Fsp3) is 0.500. The van der Waals surface area contributed by atoms with Crippen LogP contribution in [0.4, 0.5) is 0 Å². The Bertz CT molecular complexity index is 463. The van der Waals surface area contributed by atoms with Gasteiger partial charge in [-0.3, -0.25) is 0 Å². The van der Waals surface area contributed by atoms with E-state index in [1.54, 1.807) is 6.07 Å². The van der Waals surface area contributed by atoms with Gasteiger partial charge in [-0.25, -0.2) is 0 Å². The quantitative estimate of drug-likeness (QED) is 0.837. The highest BCUT2D eigenvalue weighted by Crippen LogP contribution is 2.16. The Balaban J connectivity index is 2.13. The first-order valence-corrected chi connectivity index (χ1v) is 5.12. The maximum atomic E-state index is 5.10. The molecule has 0 bridgehead atoms. The van der Waals surface area contributed by atoms with Crippen LogP contribution in [-0.4, -0.2) is 28.4 Å². The molecule has 0 saturated heterocycles. The van der Waals surface area contributed by atoms with Gasteiger partial charge in [0.2, 0.25) is 0 Å². The average Bonchev–Trinajstić information content (AvgIpc) is 2.87. The molecule has 86 valence electrons. The summed E-state index contributed by atoms with van der Waals surface area (Å²) in [7, 11) is 1.90. The zero-order chi connectivity index (χ0) is 11.5. The predicted molar refractivity (Wildman–Crippen MR) is 56.8 cm³/mol. The van der Waals surface area contributed by atoms with Gasteiger partial charge in [0.1, 0.15) is 5.76 Å². The number of nitrogens with one attached hydrogen (secondary N) is 1. The second-order valence-electron chi connectivity index (χ2n) is 3.73. The summed E-state index contributed by atoms with van der Waals surface area (Å²) in [6, 6.07) is 2.07. The van der Waals surface area contributed by atoms with Crippen LogP contribution in [0.1, 0.15) is 18.5 Å². The maximum Gasteiger partial charge on any atom is 0.280 e. The molecule has 0 radical (unpaired) electrons. The fourth-order valence-corrected chi connectivity index (χ4v) is 1.28. The number of hydrogen-bond donors (Lipinski definition) is 1. The van der Waals surface area contributed by atoms with E-state index >= 15 is 0 Å². The van der Waals surface area contributed by atoms with Crippen LogP contribution in [0.3, 0.4) is 0 Å². The lowest BCUT2D eigenvalue weighted by Crippen LogP contribution is -2.24. The van der Waals surface area contributed by atoms with Crippen molar-refractivity contribution in [2.75, 3.05) is 7.05 Å². The molecule has 0 aliphatic heterocycles. The predicted octanol–water partition coefficient (Wildman–Crippen LogP) is 1.18. The number of hydrogen-bond acceptors (Lipinski definition) is 6. The van der Waals surface area contributed by atoms with E-state index in [1.165, 1.54) is 0 Å². The van der Waals surface area contributed by atoms with Crippen molar-refractivity contribution >= 4 is 0 Å². The van der Waals surface area contributed by atoms with Crippen LogP contribution in [0.25, 0.3) is 11.6 Å². The molecular weight excluding hydrogens is 208 g/mol. The highest BCUT2D eigenvalue weighted by molar-refractivity contribution is 5.45. The maximum absolute atomic E-state index is 5.10. The van der Waals surface area contributed by atoms with E-state index in [4.69, 9.17) is 9.05 Å². The van der Waals surface area contributed by atoms with Gasteiger partial charge < -0.3 is 14.4 Å². The number of nitrogens with zero attached hydrogens (tertiary/aromatic N) is 3. The van der Waals surface area contributed by atoms with Crippen molar-refractivity contribution in [2.24, 2.45) is 0 Å². The monoisotopic (exact) mass is 222 g/mol. The van der Waals surface area contributed by atoms with Crippen LogP contribution in [0.2, 0.25) is 0 Å². The number of rotatable bonds is 4. The summed E-state index contributed by atoms with van der Waals surface area (Å²) >= 11 is 0. The van der Waals surface area contributed by atoms with Gasteiger partial charge in [0, 0.05) is 18.5 Å². The Morgan fingerprint density at radius 1 is 1.38 bits per heavy atom. The molecule has 2 aromatic heterocycles. The summed E-state index contributed by atoms with van der Waals surface area (Å²) in [5.74, 6) is 1.78. The van der Waals surface area contributed by atoms with Crippen molar-refractivity contribution in [3.63, 3.8) is 0 Å². The van der Waals surface area contributed by atoms with Gasteiger partial charge >= 0.3 is 0 Å². The smallest absolute Gasteiger partial charge is 0.280 e. The van der Waals surface area contributed by atoms with Gasteiger partial charge in [0.05, 0.1) is 0 Å². The molecule has 0 fully saturated rings. The normalized spacial score (nSPS) is 12.9. The minimum Gasteiger partial charge on any atom is -0.361 e. The van der Waals surface area contributed by atoms with Crippen molar-refractivity contribution in [3.05, 3.63) is 17.7 Å². The van der Waals surface area contributed by atoms with Gasteiger partial charge in [0.25, 0.3) is 5.89 Å². The topological polar surface area (TPSA) is 77.0 Å². The molecule has 2 rings (SSSR count). The third kappa shape index (κ3) is 2.27. The molecule has 1 N–H and O–H groups in total. The van der Waals surface area contributed by atoms with E-state index in [-0.39, 0.29) is 0 Å². The van der Waals surface area contributed by atoms with Crippen LogP contribution in [-0.2, 0) is 6.42 Å². The molecule has 6 nitrogen and oxygen atoms in total. The number of likely N-dealkylation sites (N-methyl/N-ethyl adjacent to an activating group) is 1. The average molecular weight is 222 g/mol. The molecule has 1 unspecified atom stereocenters. The van der Waals surface area contributed by atoms with Gasteiger partial charge in [-0.15, -0.1) is 0 Å². The standard InChI is InChI=1S/C10H14N4O2/c1-6(11-3)4-9-12-10(16-14-9)8-5-7(2)15-13-8/h5-6,11H,4H2,1-3H3. The first-order valence-electron chi connectivity index (χ1n) is 5.12. The largest absolute Gasteiger partial charge is 0.361 e. The molecule has 2 aromatic rings. The zero-order valence-electron chi connectivity index (χ0n) is 9.52. The van der Waals surface area contributed by atoms with Crippen LogP contribution >= 0.6 is 0 Å². The van der Waals surface area contributed by atoms with Crippen LogP contribution in [0.15, 0.2) is 15.1 Å². The third-order valence-corrected chi connectivity index (χ3v) is 2.30. The van der Waals surface area contributed by atoms with Crippen LogP contribution < -0.4 is 5.32 Å². The lowest BCUT2D eigenvalue weighted by Gasteiger charge is -2.04. The van der Waals surface area contributed by atoms with Crippen molar-refractivity contribution in [1.82, 2.24) is 20.6 Å². The van der Waals surface area contributed by atoms with E-state index in [2.05, 4.69) is 27.5 Å². The summed E-state index contributed by atoms with van der Waals surface area (Å²) in [5.41, 5.74) is 0.577. The lowest BCUT2D eigenvalue weighted by atomic mass is 10.2. The van der Waals surface area contributed by atoms with Crippen molar-refractivity contribution in [2.45, 2.75) is 26.3 Å². The molecule has 0 aromatic carbocycles. The molecule has 1 atom stereocenters. The Kier molecular flexibility index (Phi) is 3.00. The Labute approximate surface area is 93.0 Å². The molecule has 2 heterocycles. The summed E-state index contributed by atoms with van der Waals surface area (Å²) < 4.78 is 10.0. The molecule has 6 heteroatoms. The summed E-state index contributed by atoms with van der Waals surface area (Å²) in [4.78, 5) is 4.24. The van der Waals surface area contributed by atoms with E-state index < -0.39 is 0 Å². The fourth-order valence-electron chi connectivity index (χ4n) is 1.28. The second kappa shape index (κ2) is 4.44. The second-order valence-corrected chi connectivity index (χ2v) is 3.73. The van der Waals surface area contributed by atoms with Gasteiger partial charge in [-0.2, -0.15) is 4.98 Å². The van der Waals surface area contributed by atoms with Gasteiger partial charge in [-0.05, 0) is 20.9 Å². The van der Waals surface area contributed by atoms with Crippen LogP contribution in [0.5, 0.6) is 0 Å². The first-order chi connectivity index (χ1) is 7.69. The SMILES string of the molecule is CNC(C)Cc1noc(-c2cc(C)on2)n1. The number of aryl methyl sites for hydroxylation is 1. The van der Waals surface area contributed by atoms with Crippen molar-refractivity contribution in [1.29, 1.82) is 0 Å². The minimum absolute atomic E-state index is 0.310. The summed E-state index contributed by atoms with van der Waals surface area (Å²) in [5, 5.41) is 10.8. The molecule has 16 heavy (non-hydrogen) atoms. The van der Waals surface area contributed by atoms with E-state index in [0.717, 1.165) is 12.2 Å². The van der Waals surface area contributed by atoms with E-state index in [9.17, 15) is 0 Å². The van der Waals surface area contributed by atoms with Crippen LogP contribution in [0, 0.1) is 6.92 Å². The first kappa shape index (κ1) is 10.8.